The van der Waals surface area contributed by atoms with Gasteiger partial charge in [0, 0.05) is 41.9 Å². The monoisotopic (exact) mass is 466 g/mol. The van der Waals surface area contributed by atoms with Crippen molar-refractivity contribution in [2.75, 3.05) is 0 Å². The Labute approximate surface area is 200 Å². The molecule has 4 aromatic rings. The predicted octanol–water partition coefficient (Wildman–Crippen LogP) is 2.86. The second-order valence-corrected chi connectivity index (χ2v) is 8.98. The maximum absolute atomic E-state index is 13.0. The molecule has 174 valence electrons. The van der Waals surface area contributed by atoms with Gasteiger partial charge in [0.1, 0.15) is 11.7 Å². The van der Waals surface area contributed by atoms with Gasteiger partial charge in [0.05, 0.1) is 12.2 Å². The van der Waals surface area contributed by atoms with Crippen LogP contribution in [0.15, 0.2) is 61.1 Å². The molecule has 1 saturated heterocycles. The maximum atomic E-state index is 13.0. The fraction of sp³-hybridized carbons (Fsp3) is 0.231. The molecule has 0 radical (unpaired) electrons. The maximum Gasteiger partial charge on any atom is 0.255 e. The lowest BCUT2D eigenvalue weighted by atomic mass is 10.0. The third-order valence-electron chi connectivity index (χ3n) is 6.89. The van der Waals surface area contributed by atoms with Crippen molar-refractivity contribution in [3.63, 3.8) is 0 Å². The van der Waals surface area contributed by atoms with Crippen molar-refractivity contribution >= 4 is 28.5 Å². The molecule has 1 N–H and O–H groups in total. The molecule has 2 aromatic heterocycles. The minimum Gasteiger partial charge on any atom is -0.322 e. The summed E-state index contributed by atoms with van der Waals surface area (Å²) >= 11 is 0. The zero-order valence-corrected chi connectivity index (χ0v) is 19.0. The van der Waals surface area contributed by atoms with E-state index in [2.05, 4.69) is 33.6 Å². The Hall–Kier alpha value is -4.40. The van der Waals surface area contributed by atoms with Crippen molar-refractivity contribution in [1.82, 2.24) is 30.2 Å². The minimum absolute atomic E-state index is 0.0404. The molecule has 9 nitrogen and oxygen atoms in total. The molecular weight excluding hydrogens is 444 g/mol. The van der Waals surface area contributed by atoms with Crippen LogP contribution in [-0.2, 0) is 16.1 Å². The number of imide groups is 1. The van der Waals surface area contributed by atoms with E-state index in [0.29, 0.717) is 24.2 Å². The van der Waals surface area contributed by atoms with Gasteiger partial charge in [-0.2, -0.15) is 0 Å². The molecule has 0 spiro atoms. The van der Waals surface area contributed by atoms with E-state index in [4.69, 9.17) is 0 Å². The molecule has 0 aliphatic carbocycles. The molecule has 2 atom stereocenters. The first-order valence-electron chi connectivity index (χ1n) is 11.5. The van der Waals surface area contributed by atoms with Crippen molar-refractivity contribution in [2.24, 2.45) is 0 Å². The molecule has 2 aromatic carbocycles. The fourth-order valence-corrected chi connectivity index (χ4v) is 4.99. The number of carbonyl (C=O) groups excluding carboxylic acids is 3. The molecule has 9 heteroatoms. The van der Waals surface area contributed by atoms with Crippen molar-refractivity contribution in [1.29, 1.82) is 0 Å². The van der Waals surface area contributed by atoms with Crippen LogP contribution in [0.25, 0.3) is 22.0 Å². The van der Waals surface area contributed by atoms with E-state index >= 15 is 0 Å². The third kappa shape index (κ3) is 3.56. The van der Waals surface area contributed by atoms with Crippen LogP contribution in [0, 0.1) is 0 Å². The molecule has 0 saturated carbocycles. The summed E-state index contributed by atoms with van der Waals surface area (Å²) in [6, 6.07) is 13.0. The third-order valence-corrected chi connectivity index (χ3v) is 6.89. The van der Waals surface area contributed by atoms with Crippen LogP contribution in [-0.4, -0.2) is 48.6 Å². The average Bonchev–Trinajstić information content (AvgIpc) is 3.48. The van der Waals surface area contributed by atoms with Crippen LogP contribution in [0.2, 0.25) is 0 Å². The van der Waals surface area contributed by atoms with Gasteiger partial charge >= 0.3 is 0 Å². The molecule has 0 bridgehead atoms. The zero-order valence-electron chi connectivity index (χ0n) is 19.0. The van der Waals surface area contributed by atoms with Crippen LogP contribution in [0.4, 0.5) is 0 Å². The topological polar surface area (TPSA) is 110 Å². The molecule has 2 aliphatic rings. The average molecular weight is 467 g/mol. The van der Waals surface area contributed by atoms with E-state index in [1.165, 1.54) is 0 Å². The molecule has 1 unspecified atom stereocenters. The van der Waals surface area contributed by atoms with Gasteiger partial charge in [-0.3, -0.25) is 24.7 Å². The Morgan fingerprint density at radius 3 is 2.86 bits per heavy atom. The SMILES string of the molecule is C[C@@H](c1cccc2cnccc12)n1cc(-c2ccc3c(c2)CN(C2CCC(=O)NC2=O)C3=O)nn1. The van der Waals surface area contributed by atoms with E-state index in [1.54, 1.807) is 17.2 Å². The van der Waals surface area contributed by atoms with Gasteiger partial charge in [0.15, 0.2) is 0 Å². The van der Waals surface area contributed by atoms with Gasteiger partial charge in [-0.05, 0) is 48.1 Å². The molecule has 4 heterocycles. The predicted molar refractivity (Wildman–Crippen MR) is 127 cm³/mol. The molecule has 35 heavy (non-hydrogen) atoms. The number of nitrogens with one attached hydrogen (secondary N) is 1. The number of hydrogen-bond donors (Lipinski definition) is 1. The minimum atomic E-state index is -0.631. The molecule has 1 fully saturated rings. The van der Waals surface area contributed by atoms with Crippen molar-refractivity contribution in [3.05, 3.63) is 77.7 Å². The number of pyridine rings is 1. The van der Waals surface area contributed by atoms with E-state index in [-0.39, 0.29) is 24.3 Å². The largest absolute Gasteiger partial charge is 0.322 e. The van der Waals surface area contributed by atoms with Gasteiger partial charge in [-0.15, -0.1) is 5.10 Å². The Morgan fingerprint density at radius 1 is 1.11 bits per heavy atom. The number of aromatic nitrogens is 4. The molecule has 6 rings (SSSR count). The quantitative estimate of drug-likeness (QED) is 0.463. The number of rotatable bonds is 4. The van der Waals surface area contributed by atoms with Crippen molar-refractivity contribution in [2.45, 2.75) is 38.4 Å². The van der Waals surface area contributed by atoms with Gasteiger partial charge in [-0.1, -0.05) is 29.5 Å². The number of benzene rings is 2. The van der Waals surface area contributed by atoms with Gasteiger partial charge in [0.2, 0.25) is 11.8 Å². The first-order valence-corrected chi connectivity index (χ1v) is 11.5. The lowest BCUT2D eigenvalue weighted by Crippen LogP contribution is -2.52. The first kappa shape index (κ1) is 21.2. The van der Waals surface area contributed by atoms with E-state index in [1.807, 2.05) is 47.4 Å². The van der Waals surface area contributed by atoms with Gasteiger partial charge in [-0.25, -0.2) is 4.68 Å². The highest BCUT2D eigenvalue weighted by Gasteiger charge is 2.39. The molecular formula is C26H22N6O3. The van der Waals surface area contributed by atoms with Crippen LogP contribution in [0.5, 0.6) is 0 Å². The number of nitrogens with zero attached hydrogens (tertiary/aromatic N) is 5. The Kier molecular flexibility index (Phi) is 4.91. The highest BCUT2D eigenvalue weighted by atomic mass is 16.2. The summed E-state index contributed by atoms with van der Waals surface area (Å²) in [4.78, 5) is 42.5. The summed E-state index contributed by atoms with van der Waals surface area (Å²) in [5, 5.41) is 13.3. The van der Waals surface area contributed by atoms with Crippen molar-refractivity contribution < 1.29 is 14.4 Å². The number of piperidine rings is 1. The summed E-state index contributed by atoms with van der Waals surface area (Å²) in [6.07, 6.45) is 6.11. The van der Waals surface area contributed by atoms with Crippen LogP contribution >= 0.6 is 0 Å². The number of hydrogen-bond acceptors (Lipinski definition) is 6. The second-order valence-electron chi connectivity index (χ2n) is 8.98. The summed E-state index contributed by atoms with van der Waals surface area (Å²) in [7, 11) is 0. The number of carbonyl (C=O) groups is 3. The van der Waals surface area contributed by atoms with E-state index in [9.17, 15) is 14.4 Å². The van der Waals surface area contributed by atoms with Crippen LogP contribution < -0.4 is 5.32 Å². The van der Waals surface area contributed by atoms with Gasteiger partial charge in [0.25, 0.3) is 5.91 Å². The summed E-state index contributed by atoms with van der Waals surface area (Å²) in [5.74, 6) is -0.900. The molecule has 2 aliphatic heterocycles. The first-order chi connectivity index (χ1) is 17.0. The lowest BCUT2D eigenvalue weighted by molar-refractivity contribution is -0.136. The lowest BCUT2D eigenvalue weighted by Gasteiger charge is -2.29. The number of fused-ring (bicyclic) bond motifs is 2. The number of amides is 3. The summed E-state index contributed by atoms with van der Waals surface area (Å²) in [5.41, 5.74) is 4.08. The van der Waals surface area contributed by atoms with E-state index < -0.39 is 11.9 Å². The fourth-order valence-electron chi connectivity index (χ4n) is 4.99. The van der Waals surface area contributed by atoms with Crippen LogP contribution in [0.3, 0.4) is 0 Å². The highest BCUT2D eigenvalue weighted by molar-refractivity contribution is 6.05. The summed E-state index contributed by atoms with van der Waals surface area (Å²) in [6.45, 7) is 2.40. The second kappa shape index (κ2) is 8.12. The normalized spacial score (nSPS) is 18.6. The zero-order chi connectivity index (χ0) is 24.1. The Morgan fingerprint density at radius 2 is 2.00 bits per heavy atom. The standard InChI is InChI=1S/C26H22N6O3/c1-15(19-4-2-3-17-12-27-10-9-20(17)19)32-14-22(29-30-32)16-5-6-21-18(11-16)13-31(26(21)35)23-7-8-24(33)28-25(23)34/h2-6,9-12,14-15,23H,7-8,13H2,1H3,(H,28,33,34)/t15-,23?/m0/s1. The Balaban J connectivity index is 1.26. The summed E-state index contributed by atoms with van der Waals surface area (Å²) < 4.78 is 1.83. The van der Waals surface area contributed by atoms with Gasteiger partial charge < -0.3 is 4.90 Å². The Bertz CT molecular complexity index is 1500. The van der Waals surface area contributed by atoms with E-state index in [0.717, 1.165) is 27.5 Å². The smallest absolute Gasteiger partial charge is 0.255 e. The van der Waals surface area contributed by atoms with Crippen LogP contribution in [0.1, 0.15) is 47.3 Å². The highest BCUT2D eigenvalue weighted by Crippen LogP contribution is 2.31. The molecule has 3 amide bonds. The van der Waals surface area contributed by atoms with Crippen molar-refractivity contribution in [3.8, 4) is 11.3 Å².